The molecule has 0 bridgehead atoms. The average Bonchev–Trinajstić information content (AvgIpc) is 2.77. The predicted octanol–water partition coefficient (Wildman–Crippen LogP) is 1.47. The number of aromatic nitrogens is 2. The molecular weight excluding hydrogens is 382 g/mol. The molecular formula is C21H25N7O2. The Balaban J connectivity index is 1.76. The smallest absolute Gasteiger partial charge is 0.254 e. The number of benzene rings is 1. The summed E-state index contributed by atoms with van der Waals surface area (Å²) in [7, 11) is 1.67. The third-order valence-corrected chi connectivity index (χ3v) is 4.92. The van der Waals surface area contributed by atoms with Crippen LogP contribution in [-0.4, -0.2) is 48.0 Å². The van der Waals surface area contributed by atoms with Crippen LogP contribution in [-0.2, 0) is 4.79 Å². The molecule has 0 radical (unpaired) electrons. The van der Waals surface area contributed by atoms with Crippen LogP contribution in [0.1, 0.15) is 29.6 Å². The van der Waals surface area contributed by atoms with Crippen molar-refractivity contribution < 1.29 is 9.59 Å². The molecule has 2 amide bonds. The molecule has 1 fully saturated rings. The first-order valence-electron chi connectivity index (χ1n) is 9.73. The van der Waals surface area contributed by atoms with Crippen LogP contribution in [0.15, 0.2) is 30.5 Å². The summed E-state index contributed by atoms with van der Waals surface area (Å²) in [5.41, 5.74) is 7.27. The van der Waals surface area contributed by atoms with Gasteiger partial charge in [0.05, 0.1) is 12.1 Å². The van der Waals surface area contributed by atoms with Crippen LogP contribution in [0.5, 0.6) is 0 Å². The van der Waals surface area contributed by atoms with Gasteiger partial charge in [-0.05, 0) is 43.5 Å². The number of amides is 2. The molecule has 3 rings (SSSR count). The highest BCUT2D eigenvalue weighted by molar-refractivity contribution is 5.97. The number of piperidine rings is 1. The van der Waals surface area contributed by atoms with Gasteiger partial charge in [-0.1, -0.05) is 5.92 Å². The van der Waals surface area contributed by atoms with Crippen molar-refractivity contribution in [1.29, 1.82) is 0 Å². The van der Waals surface area contributed by atoms with E-state index in [9.17, 15) is 9.59 Å². The minimum atomic E-state index is -0.641. The quantitative estimate of drug-likeness (QED) is 0.512. The van der Waals surface area contributed by atoms with E-state index in [0.29, 0.717) is 5.95 Å². The number of hydrogen-bond donors (Lipinski definition) is 4. The van der Waals surface area contributed by atoms with Crippen molar-refractivity contribution in [2.75, 3.05) is 35.7 Å². The van der Waals surface area contributed by atoms with Crippen molar-refractivity contribution in [2.45, 2.75) is 25.3 Å². The Bertz CT molecular complexity index is 953. The molecule has 1 atom stereocenters. The molecule has 2 heterocycles. The molecule has 9 nitrogen and oxygen atoms in total. The molecule has 0 spiro atoms. The number of rotatable bonds is 7. The van der Waals surface area contributed by atoms with Crippen LogP contribution in [0.2, 0.25) is 0 Å². The number of nitrogens with one attached hydrogen (secondary N) is 3. The second-order valence-corrected chi connectivity index (χ2v) is 6.87. The molecule has 1 saturated heterocycles. The van der Waals surface area contributed by atoms with E-state index >= 15 is 0 Å². The maximum atomic E-state index is 12.2. The van der Waals surface area contributed by atoms with Crippen molar-refractivity contribution in [3.8, 4) is 12.3 Å². The molecule has 0 unspecified atom stereocenters. The molecule has 30 heavy (non-hydrogen) atoms. The Morgan fingerprint density at radius 2 is 2.07 bits per heavy atom. The summed E-state index contributed by atoms with van der Waals surface area (Å²) in [6, 6.07) is 7.55. The number of nitrogens with zero attached hydrogens (tertiary/aromatic N) is 3. The van der Waals surface area contributed by atoms with Gasteiger partial charge in [0.2, 0.25) is 11.9 Å². The minimum absolute atomic E-state index is 0.0341. The zero-order valence-corrected chi connectivity index (χ0v) is 16.8. The fourth-order valence-electron chi connectivity index (χ4n) is 3.44. The summed E-state index contributed by atoms with van der Waals surface area (Å²) < 4.78 is 0. The first kappa shape index (κ1) is 20.9. The molecule has 1 aliphatic heterocycles. The lowest BCUT2D eigenvalue weighted by Crippen LogP contribution is -2.48. The van der Waals surface area contributed by atoms with Crippen molar-refractivity contribution in [2.24, 2.45) is 5.73 Å². The maximum Gasteiger partial charge on any atom is 0.254 e. The number of anilines is 4. The molecule has 2 aromatic rings. The zero-order valence-electron chi connectivity index (χ0n) is 16.8. The van der Waals surface area contributed by atoms with Crippen molar-refractivity contribution >= 4 is 35.0 Å². The summed E-state index contributed by atoms with van der Waals surface area (Å²) >= 11 is 0. The van der Waals surface area contributed by atoms with Gasteiger partial charge in [-0.25, -0.2) is 4.98 Å². The van der Waals surface area contributed by atoms with Crippen LogP contribution < -0.4 is 26.6 Å². The van der Waals surface area contributed by atoms with E-state index in [0.717, 1.165) is 37.2 Å². The SMILES string of the molecule is C#CCNc1nc(Nc2ccc(N3CCCC[C@H]3C(=O)NC)cc2)ncc1C(N)=O. The third kappa shape index (κ3) is 4.78. The van der Waals surface area contributed by atoms with Gasteiger partial charge >= 0.3 is 0 Å². The Morgan fingerprint density at radius 1 is 1.30 bits per heavy atom. The lowest BCUT2D eigenvalue weighted by atomic mass is 10.0. The highest BCUT2D eigenvalue weighted by Crippen LogP contribution is 2.27. The van der Waals surface area contributed by atoms with Crippen molar-refractivity contribution in [3.63, 3.8) is 0 Å². The largest absolute Gasteiger partial charge is 0.365 e. The van der Waals surface area contributed by atoms with E-state index in [4.69, 9.17) is 12.2 Å². The molecule has 1 aromatic carbocycles. The number of likely N-dealkylation sites (N-methyl/N-ethyl adjacent to an activating group) is 1. The summed E-state index contributed by atoms with van der Waals surface area (Å²) in [6.45, 7) is 1.04. The van der Waals surface area contributed by atoms with E-state index in [1.165, 1.54) is 6.20 Å². The van der Waals surface area contributed by atoms with Crippen LogP contribution >= 0.6 is 0 Å². The first-order chi connectivity index (χ1) is 14.5. The summed E-state index contributed by atoms with van der Waals surface area (Å²) in [4.78, 5) is 34.3. The van der Waals surface area contributed by atoms with Gasteiger partial charge in [-0.2, -0.15) is 4.98 Å². The second kappa shape index (κ2) is 9.60. The third-order valence-electron chi connectivity index (χ3n) is 4.92. The standard InChI is InChI=1S/C21H25N7O2/c1-3-11-24-19-16(18(22)29)13-25-21(27-19)26-14-7-9-15(10-8-14)28-12-5-4-6-17(28)20(30)23-2/h1,7-10,13,17H,4-6,11-12H2,2H3,(H2,22,29)(H,23,30)(H2,24,25,26,27)/t17-/m0/s1. The predicted molar refractivity (Wildman–Crippen MR) is 117 cm³/mol. The van der Waals surface area contributed by atoms with Crippen LogP contribution in [0, 0.1) is 12.3 Å². The highest BCUT2D eigenvalue weighted by Gasteiger charge is 2.28. The Labute approximate surface area is 175 Å². The summed E-state index contributed by atoms with van der Waals surface area (Å²) in [6.07, 6.45) is 9.56. The topological polar surface area (TPSA) is 125 Å². The van der Waals surface area contributed by atoms with E-state index in [-0.39, 0.29) is 29.9 Å². The Hall–Kier alpha value is -3.80. The zero-order chi connectivity index (χ0) is 21.5. The molecule has 156 valence electrons. The first-order valence-corrected chi connectivity index (χ1v) is 9.73. The average molecular weight is 407 g/mol. The van der Waals surface area contributed by atoms with Crippen molar-refractivity contribution in [3.05, 3.63) is 36.0 Å². The molecule has 9 heteroatoms. The highest BCUT2D eigenvalue weighted by atomic mass is 16.2. The number of primary amides is 1. The molecule has 5 N–H and O–H groups in total. The number of hydrogen-bond acceptors (Lipinski definition) is 7. The van der Waals surface area contributed by atoms with Crippen LogP contribution in [0.4, 0.5) is 23.1 Å². The monoisotopic (exact) mass is 407 g/mol. The minimum Gasteiger partial charge on any atom is -0.365 e. The second-order valence-electron chi connectivity index (χ2n) is 6.87. The number of nitrogens with two attached hydrogens (primary N) is 1. The van der Waals surface area contributed by atoms with Gasteiger partial charge in [-0.15, -0.1) is 6.42 Å². The van der Waals surface area contributed by atoms with Gasteiger partial charge in [0.15, 0.2) is 0 Å². The van der Waals surface area contributed by atoms with Gasteiger partial charge in [0.25, 0.3) is 5.91 Å². The van der Waals surface area contributed by atoms with E-state index < -0.39 is 5.91 Å². The fraction of sp³-hybridized carbons (Fsp3) is 0.333. The van der Waals surface area contributed by atoms with Gasteiger partial charge in [0, 0.05) is 31.2 Å². The summed E-state index contributed by atoms with van der Waals surface area (Å²) in [5, 5.41) is 8.72. The number of carbonyl (C=O) groups excluding carboxylic acids is 2. The number of carbonyl (C=O) groups is 2. The van der Waals surface area contributed by atoms with Crippen molar-refractivity contribution in [1.82, 2.24) is 15.3 Å². The van der Waals surface area contributed by atoms with E-state index in [2.05, 4.69) is 36.7 Å². The van der Waals surface area contributed by atoms with Crippen LogP contribution in [0.25, 0.3) is 0 Å². The number of terminal acetylenes is 1. The normalized spacial score (nSPS) is 15.7. The Kier molecular flexibility index (Phi) is 6.70. The van der Waals surface area contributed by atoms with Gasteiger partial charge in [0.1, 0.15) is 11.9 Å². The van der Waals surface area contributed by atoms with Gasteiger partial charge < -0.3 is 26.6 Å². The lowest BCUT2D eigenvalue weighted by molar-refractivity contribution is -0.122. The molecule has 0 saturated carbocycles. The maximum absolute atomic E-state index is 12.2. The molecule has 1 aromatic heterocycles. The summed E-state index contributed by atoms with van der Waals surface area (Å²) in [5.74, 6) is 2.39. The van der Waals surface area contributed by atoms with E-state index in [1.807, 2.05) is 24.3 Å². The van der Waals surface area contributed by atoms with Crippen LogP contribution in [0.3, 0.4) is 0 Å². The van der Waals surface area contributed by atoms with E-state index in [1.54, 1.807) is 7.05 Å². The molecule has 0 aliphatic carbocycles. The van der Waals surface area contributed by atoms with Gasteiger partial charge in [-0.3, -0.25) is 9.59 Å². The Morgan fingerprint density at radius 3 is 2.73 bits per heavy atom. The lowest BCUT2D eigenvalue weighted by Gasteiger charge is -2.36. The molecule has 1 aliphatic rings. The fourth-order valence-corrected chi connectivity index (χ4v) is 3.44.